The lowest BCUT2D eigenvalue weighted by molar-refractivity contribution is 0.0499. The van der Waals surface area contributed by atoms with E-state index < -0.39 is 22.9 Å². The number of hydrogen-bond donors (Lipinski definition) is 1. The van der Waals surface area contributed by atoms with Gasteiger partial charge in [0.05, 0.1) is 18.8 Å². The summed E-state index contributed by atoms with van der Waals surface area (Å²) < 4.78 is 9.75. The van der Waals surface area contributed by atoms with Gasteiger partial charge in [0.2, 0.25) is 5.95 Å². The highest BCUT2D eigenvalue weighted by Crippen LogP contribution is 2.24. The third kappa shape index (κ3) is 5.79. The minimum atomic E-state index is -0.602. The molecule has 1 atom stereocenters. The number of rotatable bonds is 5. The van der Waals surface area contributed by atoms with Crippen molar-refractivity contribution in [1.82, 2.24) is 34.0 Å². The topological polar surface area (TPSA) is 129 Å². The summed E-state index contributed by atoms with van der Waals surface area (Å²) in [4.78, 5) is 55.4. The molecule has 0 spiro atoms. The summed E-state index contributed by atoms with van der Waals surface area (Å²) in [5.74, 6) is 6.46. The van der Waals surface area contributed by atoms with Gasteiger partial charge in [-0.2, -0.15) is 4.98 Å². The van der Waals surface area contributed by atoms with E-state index in [2.05, 4.69) is 27.1 Å². The number of fused-ring (bicyclic) bond motifs is 2. The number of alkyl carbamates (subject to hydrolysis) is 1. The number of carbonyl (C=O) groups excluding carboxylic acids is 1. The Morgan fingerprint density at radius 2 is 1.98 bits per heavy atom. The van der Waals surface area contributed by atoms with E-state index in [0.717, 1.165) is 18.2 Å². The fourth-order valence-electron chi connectivity index (χ4n) is 5.04. The van der Waals surface area contributed by atoms with E-state index in [1.165, 1.54) is 9.13 Å². The SMILES string of the molecule is CC#CCn1c(N2CCCC(NC(=O)OC(C)(C)C)C2)nc2c1c(=O)n(Cc1ccc3cccnc3n1)c(=O)n2C. The maximum absolute atomic E-state index is 13.9. The number of anilines is 1. The molecule has 0 bridgehead atoms. The Labute approximate surface area is 237 Å². The summed E-state index contributed by atoms with van der Waals surface area (Å²) in [5, 5.41) is 3.82. The molecular weight excluding hydrogens is 524 g/mol. The number of pyridine rings is 2. The number of nitrogens with zero attached hydrogens (tertiary/aromatic N) is 7. The average molecular weight is 559 g/mol. The first-order valence-electron chi connectivity index (χ1n) is 13.6. The number of ether oxygens (including phenoxy) is 1. The van der Waals surface area contributed by atoms with Crippen LogP contribution in [0.15, 0.2) is 40.1 Å². The molecule has 1 aliphatic rings. The minimum Gasteiger partial charge on any atom is -0.444 e. The van der Waals surface area contributed by atoms with E-state index in [4.69, 9.17) is 9.72 Å². The van der Waals surface area contributed by atoms with E-state index >= 15 is 0 Å². The molecule has 1 fully saturated rings. The maximum atomic E-state index is 13.9. The van der Waals surface area contributed by atoms with Crippen molar-refractivity contribution in [3.63, 3.8) is 0 Å². The molecule has 0 aliphatic carbocycles. The standard InChI is InChI=1S/C29H34N8O4/c1-6-7-16-36-22-24(33-26(36)35-15-9-11-20(17-35)32-27(39)41-29(2,3)4)34(5)28(40)37(25(22)38)18-21-13-12-19-10-8-14-30-23(19)31-21/h8,10,12-14,20H,9,11,15-18H2,1-5H3,(H,32,39). The van der Waals surface area contributed by atoms with E-state index in [-0.39, 0.29) is 30.3 Å². The summed E-state index contributed by atoms with van der Waals surface area (Å²) in [6.07, 6.45) is 2.76. The zero-order valence-corrected chi connectivity index (χ0v) is 24.0. The van der Waals surface area contributed by atoms with Crippen LogP contribution in [0.25, 0.3) is 22.2 Å². The minimum absolute atomic E-state index is 0.0144. The van der Waals surface area contributed by atoms with E-state index in [9.17, 15) is 14.4 Å². The molecule has 5 heterocycles. The molecule has 214 valence electrons. The second kappa shape index (κ2) is 11.1. The number of piperidine rings is 1. The van der Waals surface area contributed by atoms with Crippen molar-refractivity contribution in [3.05, 3.63) is 57.0 Å². The molecule has 1 unspecified atom stereocenters. The van der Waals surface area contributed by atoms with E-state index in [1.807, 2.05) is 43.9 Å². The molecule has 12 nitrogen and oxygen atoms in total. The molecule has 0 aromatic carbocycles. The Morgan fingerprint density at radius 3 is 2.73 bits per heavy atom. The predicted octanol–water partition coefficient (Wildman–Crippen LogP) is 2.41. The lowest BCUT2D eigenvalue weighted by Crippen LogP contribution is -2.49. The van der Waals surface area contributed by atoms with Crippen LogP contribution in [0.3, 0.4) is 0 Å². The number of hydrogen-bond acceptors (Lipinski definition) is 8. The number of aromatic nitrogens is 6. The van der Waals surface area contributed by atoms with Gasteiger partial charge in [0.15, 0.2) is 16.8 Å². The third-order valence-corrected chi connectivity index (χ3v) is 6.89. The maximum Gasteiger partial charge on any atom is 0.407 e. The van der Waals surface area contributed by atoms with Crippen molar-refractivity contribution in [1.29, 1.82) is 0 Å². The van der Waals surface area contributed by atoms with Crippen LogP contribution in [0, 0.1) is 11.8 Å². The number of imidazole rings is 1. The van der Waals surface area contributed by atoms with Crippen LogP contribution in [0.5, 0.6) is 0 Å². The highest BCUT2D eigenvalue weighted by atomic mass is 16.6. The van der Waals surface area contributed by atoms with Gasteiger partial charge in [-0.15, -0.1) is 5.92 Å². The van der Waals surface area contributed by atoms with Crippen LogP contribution in [0.4, 0.5) is 10.7 Å². The quantitative estimate of drug-likeness (QED) is 0.370. The fraction of sp³-hybridized carbons (Fsp3) is 0.448. The van der Waals surface area contributed by atoms with Gasteiger partial charge >= 0.3 is 11.8 Å². The third-order valence-electron chi connectivity index (χ3n) is 6.89. The van der Waals surface area contributed by atoms with E-state index in [1.54, 1.807) is 30.8 Å². The van der Waals surface area contributed by atoms with Gasteiger partial charge < -0.3 is 15.0 Å². The smallest absolute Gasteiger partial charge is 0.407 e. The number of carbonyl (C=O) groups is 1. The summed E-state index contributed by atoms with van der Waals surface area (Å²) in [7, 11) is 1.60. The highest BCUT2D eigenvalue weighted by molar-refractivity contribution is 5.75. The molecule has 4 aromatic heterocycles. The Kier molecular flexibility index (Phi) is 7.53. The first-order valence-corrected chi connectivity index (χ1v) is 13.6. The molecule has 1 saturated heterocycles. The molecule has 5 rings (SSSR count). The number of aryl methyl sites for hydroxylation is 1. The molecule has 0 radical (unpaired) electrons. The first-order chi connectivity index (χ1) is 19.6. The highest BCUT2D eigenvalue weighted by Gasteiger charge is 2.29. The molecule has 1 amide bonds. The molecule has 4 aromatic rings. The van der Waals surface area contributed by atoms with Gasteiger partial charge in [0, 0.05) is 37.8 Å². The van der Waals surface area contributed by atoms with Gasteiger partial charge in [-0.25, -0.2) is 19.6 Å². The Bertz CT molecular complexity index is 1800. The van der Waals surface area contributed by atoms with Crippen molar-refractivity contribution >= 4 is 34.2 Å². The second-order valence-corrected chi connectivity index (χ2v) is 11.1. The summed E-state index contributed by atoms with van der Waals surface area (Å²) in [6, 6.07) is 7.22. The number of nitrogens with one attached hydrogen (secondary N) is 1. The molecule has 1 N–H and O–H groups in total. The second-order valence-electron chi connectivity index (χ2n) is 11.1. The van der Waals surface area contributed by atoms with E-state index in [0.29, 0.717) is 30.4 Å². The van der Waals surface area contributed by atoms with Gasteiger partial charge in [-0.1, -0.05) is 5.92 Å². The Morgan fingerprint density at radius 1 is 1.17 bits per heavy atom. The summed E-state index contributed by atoms with van der Waals surface area (Å²) >= 11 is 0. The summed E-state index contributed by atoms with van der Waals surface area (Å²) in [5.41, 5.74) is 0.0805. The lowest BCUT2D eigenvalue weighted by Gasteiger charge is -2.34. The van der Waals surface area contributed by atoms with Gasteiger partial charge in [0.1, 0.15) is 5.60 Å². The van der Waals surface area contributed by atoms with Crippen LogP contribution < -0.4 is 21.5 Å². The Hall–Kier alpha value is -4.66. The van der Waals surface area contributed by atoms with Crippen molar-refractivity contribution in [3.8, 4) is 11.8 Å². The normalized spacial score (nSPS) is 15.5. The van der Waals surface area contributed by atoms with Gasteiger partial charge in [0.25, 0.3) is 5.56 Å². The van der Waals surface area contributed by atoms with Crippen molar-refractivity contribution in [2.24, 2.45) is 7.05 Å². The van der Waals surface area contributed by atoms with Gasteiger partial charge in [-0.05, 0) is 64.8 Å². The summed E-state index contributed by atoms with van der Waals surface area (Å²) in [6.45, 7) is 8.54. The zero-order valence-electron chi connectivity index (χ0n) is 24.0. The van der Waals surface area contributed by atoms with Crippen LogP contribution in [-0.2, 0) is 24.9 Å². The van der Waals surface area contributed by atoms with Gasteiger partial charge in [-0.3, -0.25) is 18.5 Å². The lowest BCUT2D eigenvalue weighted by atomic mass is 10.1. The van der Waals surface area contributed by atoms with Crippen LogP contribution >= 0.6 is 0 Å². The number of amides is 1. The first kappa shape index (κ1) is 27.9. The molecule has 1 aliphatic heterocycles. The fourth-order valence-corrected chi connectivity index (χ4v) is 5.04. The average Bonchev–Trinajstić information content (AvgIpc) is 3.32. The van der Waals surface area contributed by atoms with Crippen molar-refractivity contribution in [2.45, 2.75) is 65.3 Å². The molecule has 41 heavy (non-hydrogen) atoms. The van der Waals surface area contributed by atoms with Crippen molar-refractivity contribution < 1.29 is 9.53 Å². The molecule has 0 saturated carbocycles. The van der Waals surface area contributed by atoms with Crippen LogP contribution in [0.2, 0.25) is 0 Å². The van der Waals surface area contributed by atoms with Crippen molar-refractivity contribution in [2.75, 3.05) is 18.0 Å². The Balaban J connectivity index is 1.54. The monoisotopic (exact) mass is 558 g/mol. The zero-order chi connectivity index (χ0) is 29.3. The largest absolute Gasteiger partial charge is 0.444 e. The molecule has 12 heteroatoms. The van der Waals surface area contributed by atoms with Crippen LogP contribution in [0.1, 0.15) is 46.2 Å². The van der Waals surface area contributed by atoms with Crippen LogP contribution in [-0.4, -0.2) is 59.5 Å². The predicted molar refractivity (Wildman–Crippen MR) is 156 cm³/mol. The molecular formula is C29H34N8O4.